The van der Waals surface area contributed by atoms with Crippen molar-refractivity contribution in [3.63, 3.8) is 0 Å². The Morgan fingerprint density at radius 3 is 2.28 bits per heavy atom. The number of rotatable bonds is 7. The second kappa shape index (κ2) is 7.88. The van der Waals surface area contributed by atoms with E-state index in [1.165, 1.54) is 20.8 Å². The minimum atomic E-state index is -4.42. The molecule has 0 aliphatic carbocycles. The first-order valence-corrected chi connectivity index (χ1v) is 8.02. The molecule has 2 N–H and O–H groups in total. The highest BCUT2D eigenvalue weighted by Crippen LogP contribution is 2.26. The van der Waals surface area contributed by atoms with E-state index in [1.807, 2.05) is 6.92 Å². The van der Waals surface area contributed by atoms with E-state index >= 15 is 0 Å². The minimum Gasteiger partial charge on any atom is -0.480 e. The molecule has 1 amide bonds. The highest BCUT2D eigenvalue weighted by Gasteiger charge is 2.33. The van der Waals surface area contributed by atoms with Gasteiger partial charge in [-0.05, 0) is 26.7 Å². The number of halogens is 3. The van der Waals surface area contributed by atoms with Crippen molar-refractivity contribution in [3.8, 4) is 0 Å². The van der Waals surface area contributed by atoms with Gasteiger partial charge in [-0.3, -0.25) is 9.48 Å². The van der Waals surface area contributed by atoms with E-state index in [1.54, 1.807) is 6.92 Å². The molecule has 0 bridgehead atoms. The smallest absolute Gasteiger partial charge is 0.408 e. The Hall–Kier alpha value is -2.06. The van der Waals surface area contributed by atoms with Crippen LogP contribution in [0.2, 0.25) is 0 Å². The fraction of sp³-hybridized carbons (Fsp3) is 0.688. The van der Waals surface area contributed by atoms with Crippen LogP contribution in [0.15, 0.2) is 0 Å². The van der Waals surface area contributed by atoms with Crippen molar-refractivity contribution in [2.75, 3.05) is 0 Å². The second-order valence-corrected chi connectivity index (χ2v) is 6.29. The average molecular weight is 363 g/mol. The van der Waals surface area contributed by atoms with Gasteiger partial charge in [-0.25, -0.2) is 4.79 Å². The van der Waals surface area contributed by atoms with Crippen LogP contribution in [0.1, 0.15) is 50.1 Å². The Morgan fingerprint density at radius 1 is 1.28 bits per heavy atom. The summed E-state index contributed by atoms with van der Waals surface area (Å²) in [5, 5.41) is 15.6. The SMILES string of the molecule is CC[C@H](C)[C@H](NC(=O)C(C)c1c(C)nn(CC(F)(F)F)c1C)C(=O)O. The number of hydrogen-bond donors (Lipinski definition) is 2. The summed E-state index contributed by atoms with van der Waals surface area (Å²) >= 11 is 0. The summed E-state index contributed by atoms with van der Waals surface area (Å²) in [6.07, 6.45) is -3.86. The number of aryl methyl sites for hydroxylation is 1. The summed E-state index contributed by atoms with van der Waals surface area (Å²) in [5.74, 6) is -2.78. The summed E-state index contributed by atoms with van der Waals surface area (Å²) in [5.41, 5.74) is 0.947. The van der Waals surface area contributed by atoms with Crippen molar-refractivity contribution < 1.29 is 27.9 Å². The quantitative estimate of drug-likeness (QED) is 0.780. The van der Waals surface area contributed by atoms with E-state index in [4.69, 9.17) is 0 Å². The van der Waals surface area contributed by atoms with Crippen molar-refractivity contribution >= 4 is 11.9 Å². The van der Waals surface area contributed by atoms with Gasteiger partial charge in [0.1, 0.15) is 12.6 Å². The van der Waals surface area contributed by atoms with Crippen LogP contribution in [-0.4, -0.2) is 39.0 Å². The van der Waals surface area contributed by atoms with E-state index < -0.39 is 36.6 Å². The van der Waals surface area contributed by atoms with Crippen LogP contribution in [0.25, 0.3) is 0 Å². The normalized spacial score (nSPS) is 15.5. The summed E-state index contributed by atoms with van der Waals surface area (Å²) in [4.78, 5) is 23.8. The number of aromatic nitrogens is 2. The number of carbonyl (C=O) groups excluding carboxylic acids is 1. The highest BCUT2D eigenvalue weighted by molar-refractivity contribution is 5.88. The lowest BCUT2D eigenvalue weighted by Crippen LogP contribution is -2.46. The van der Waals surface area contributed by atoms with Crippen molar-refractivity contribution in [1.29, 1.82) is 0 Å². The summed E-state index contributed by atoms with van der Waals surface area (Å²) in [7, 11) is 0. The van der Waals surface area contributed by atoms with Crippen LogP contribution in [0.4, 0.5) is 13.2 Å². The number of alkyl halides is 3. The Morgan fingerprint density at radius 2 is 1.84 bits per heavy atom. The van der Waals surface area contributed by atoms with Crippen LogP contribution < -0.4 is 5.32 Å². The van der Waals surface area contributed by atoms with Crippen LogP contribution in [-0.2, 0) is 16.1 Å². The molecular formula is C16H24F3N3O3. The lowest BCUT2D eigenvalue weighted by molar-refractivity contribution is -0.144. The van der Waals surface area contributed by atoms with E-state index in [2.05, 4.69) is 10.4 Å². The Labute approximate surface area is 144 Å². The van der Waals surface area contributed by atoms with Gasteiger partial charge in [-0.1, -0.05) is 20.3 Å². The average Bonchev–Trinajstić information content (AvgIpc) is 2.75. The third kappa shape index (κ3) is 5.20. The van der Waals surface area contributed by atoms with Gasteiger partial charge < -0.3 is 10.4 Å². The first kappa shape index (κ1) is 21.0. The molecule has 0 fully saturated rings. The third-order valence-electron chi connectivity index (χ3n) is 4.37. The van der Waals surface area contributed by atoms with Gasteiger partial charge in [0, 0.05) is 11.3 Å². The predicted octanol–water partition coefficient (Wildman–Crippen LogP) is 2.78. The van der Waals surface area contributed by atoms with Crippen molar-refractivity contribution in [2.45, 2.75) is 65.7 Å². The molecule has 9 heteroatoms. The predicted molar refractivity (Wildman–Crippen MR) is 85.2 cm³/mol. The van der Waals surface area contributed by atoms with Crippen molar-refractivity contribution in [2.24, 2.45) is 5.92 Å². The molecule has 25 heavy (non-hydrogen) atoms. The first-order valence-electron chi connectivity index (χ1n) is 8.02. The molecule has 6 nitrogen and oxygen atoms in total. The number of hydrogen-bond acceptors (Lipinski definition) is 3. The largest absolute Gasteiger partial charge is 0.480 e. The molecule has 142 valence electrons. The summed E-state index contributed by atoms with van der Waals surface area (Å²) in [6.45, 7) is 6.81. The molecule has 0 aromatic carbocycles. The second-order valence-electron chi connectivity index (χ2n) is 6.29. The zero-order chi connectivity index (χ0) is 19.5. The molecule has 0 saturated heterocycles. The highest BCUT2D eigenvalue weighted by atomic mass is 19.4. The topological polar surface area (TPSA) is 84.2 Å². The Balaban J connectivity index is 3.04. The monoisotopic (exact) mass is 363 g/mol. The molecule has 1 heterocycles. The number of amides is 1. The summed E-state index contributed by atoms with van der Waals surface area (Å²) < 4.78 is 38.6. The van der Waals surface area contributed by atoms with Crippen LogP contribution in [0.5, 0.6) is 0 Å². The molecule has 0 spiro atoms. The Bertz CT molecular complexity index is 641. The van der Waals surface area contributed by atoms with Gasteiger partial charge in [0.15, 0.2) is 0 Å². The fourth-order valence-electron chi connectivity index (χ4n) is 2.75. The van der Waals surface area contributed by atoms with Gasteiger partial charge in [0.25, 0.3) is 0 Å². The number of carboxylic acid groups (broad SMARTS) is 1. The molecule has 3 atom stereocenters. The summed E-state index contributed by atoms with van der Waals surface area (Å²) in [6, 6.07) is -1.05. The van der Waals surface area contributed by atoms with Gasteiger partial charge in [-0.15, -0.1) is 0 Å². The molecule has 1 aromatic rings. The molecule has 1 rings (SSSR count). The molecule has 0 saturated carbocycles. The molecule has 0 aliphatic rings. The first-order chi connectivity index (χ1) is 11.4. The molecule has 1 unspecified atom stereocenters. The maximum atomic E-state index is 12.6. The van der Waals surface area contributed by atoms with Crippen LogP contribution in [0.3, 0.4) is 0 Å². The zero-order valence-electron chi connectivity index (χ0n) is 14.9. The van der Waals surface area contributed by atoms with Gasteiger partial charge in [-0.2, -0.15) is 18.3 Å². The fourth-order valence-corrected chi connectivity index (χ4v) is 2.75. The standard InChI is InChI=1S/C16H24F3N3O3/c1-6-8(2)13(15(24)25)20-14(23)9(3)12-10(4)21-22(11(12)5)7-16(17,18)19/h8-9,13H,6-7H2,1-5H3,(H,20,23)(H,24,25)/t8-,9?,13-/m0/s1. The molecule has 0 radical (unpaired) electrons. The van der Waals surface area contributed by atoms with Crippen LogP contribution >= 0.6 is 0 Å². The number of carboxylic acids is 1. The van der Waals surface area contributed by atoms with E-state index in [9.17, 15) is 27.9 Å². The maximum absolute atomic E-state index is 12.6. The lowest BCUT2D eigenvalue weighted by atomic mass is 9.95. The zero-order valence-corrected chi connectivity index (χ0v) is 14.9. The van der Waals surface area contributed by atoms with Crippen molar-refractivity contribution in [3.05, 3.63) is 17.0 Å². The number of nitrogens with one attached hydrogen (secondary N) is 1. The van der Waals surface area contributed by atoms with E-state index in [0.29, 0.717) is 17.7 Å². The number of aliphatic carboxylic acids is 1. The van der Waals surface area contributed by atoms with Crippen LogP contribution in [0, 0.1) is 19.8 Å². The maximum Gasteiger partial charge on any atom is 0.408 e. The number of nitrogens with zero attached hydrogens (tertiary/aromatic N) is 2. The molecule has 1 aromatic heterocycles. The minimum absolute atomic E-state index is 0.243. The van der Waals surface area contributed by atoms with Gasteiger partial charge in [0.2, 0.25) is 5.91 Å². The Kier molecular flexibility index (Phi) is 6.61. The molecule has 0 aliphatic heterocycles. The lowest BCUT2D eigenvalue weighted by Gasteiger charge is -2.22. The van der Waals surface area contributed by atoms with Crippen molar-refractivity contribution in [1.82, 2.24) is 15.1 Å². The number of carbonyl (C=O) groups is 2. The third-order valence-corrected chi connectivity index (χ3v) is 4.37. The van der Waals surface area contributed by atoms with E-state index in [0.717, 1.165) is 4.68 Å². The molecular weight excluding hydrogens is 339 g/mol. The van der Waals surface area contributed by atoms with E-state index in [-0.39, 0.29) is 11.6 Å². The van der Waals surface area contributed by atoms with Gasteiger partial charge in [0.05, 0.1) is 11.6 Å². The van der Waals surface area contributed by atoms with Gasteiger partial charge >= 0.3 is 12.1 Å².